The molecule has 0 spiro atoms. The Kier molecular flexibility index (Phi) is 6.78. The second-order valence-corrected chi connectivity index (χ2v) is 9.39. The molecule has 1 amide bonds. The molecule has 0 aliphatic heterocycles. The maximum absolute atomic E-state index is 13.2. The maximum Gasteiger partial charge on any atom is 0.264 e. The van der Waals surface area contributed by atoms with E-state index in [1.54, 1.807) is 18.2 Å². The molecule has 0 fully saturated rings. The van der Waals surface area contributed by atoms with Gasteiger partial charge < -0.3 is 5.32 Å². The summed E-state index contributed by atoms with van der Waals surface area (Å²) in [6.45, 7) is 5.32. The van der Waals surface area contributed by atoms with E-state index in [9.17, 15) is 13.2 Å². The predicted octanol–water partition coefficient (Wildman–Crippen LogP) is 4.49. The number of carbonyl (C=O) groups is 1. The molecule has 146 valence electrons. The van der Waals surface area contributed by atoms with E-state index in [-0.39, 0.29) is 22.2 Å². The number of sulfonamides is 1. The first kappa shape index (κ1) is 21.5. The number of nitrogens with zero attached hydrogens (tertiary/aromatic N) is 1. The molecular weight excluding hydrogens is 407 g/mol. The monoisotopic (exact) mass is 428 g/mol. The lowest BCUT2D eigenvalue weighted by Gasteiger charge is -2.28. The van der Waals surface area contributed by atoms with Gasteiger partial charge in [0.2, 0.25) is 5.91 Å². The number of hydrogen-bond acceptors (Lipinski definition) is 3. The van der Waals surface area contributed by atoms with Crippen molar-refractivity contribution in [3.8, 4) is 0 Å². The van der Waals surface area contributed by atoms with E-state index in [4.69, 9.17) is 23.2 Å². The zero-order valence-electron chi connectivity index (χ0n) is 15.4. The first-order valence-corrected chi connectivity index (χ1v) is 10.6. The summed E-state index contributed by atoms with van der Waals surface area (Å²) in [4.78, 5) is 12.6. The van der Waals surface area contributed by atoms with E-state index in [0.29, 0.717) is 11.4 Å². The van der Waals surface area contributed by atoms with Gasteiger partial charge in [0.1, 0.15) is 6.54 Å². The molecule has 5 nitrogen and oxygen atoms in total. The summed E-state index contributed by atoms with van der Waals surface area (Å²) in [6.07, 6.45) is 0.705. The largest absolute Gasteiger partial charge is 0.350 e. The summed E-state index contributed by atoms with van der Waals surface area (Å²) in [5.74, 6) is -0.410. The Morgan fingerprint density at radius 2 is 1.70 bits per heavy atom. The Hall–Kier alpha value is -1.76. The van der Waals surface area contributed by atoms with Crippen molar-refractivity contribution in [1.29, 1.82) is 0 Å². The van der Waals surface area contributed by atoms with Crippen LogP contribution in [0.5, 0.6) is 0 Å². The molecule has 0 atom stereocenters. The molecule has 0 heterocycles. The number of nitrogens with one attached hydrogen (secondary N) is 1. The van der Waals surface area contributed by atoms with Crippen molar-refractivity contribution in [3.05, 3.63) is 58.6 Å². The van der Waals surface area contributed by atoms with E-state index in [0.717, 1.165) is 4.31 Å². The maximum atomic E-state index is 13.2. The van der Waals surface area contributed by atoms with E-state index in [2.05, 4.69) is 5.32 Å². The number of amides is 1. The smallest absolute Gasteiger partial charge is 0.264 e. The van der Waals surface area contributed by atoms with Crippen LogP contribution in [-0.4, -0.2) is 26.4 Å². The number of rotatable bonds is 7. The van der Waals surface area contributed by atoms with Gasteiger partial charge in [-0.15, -0.1) is 0 Å². The molecule has 0 unspecified atom stereocenters. The summed E-state index contributed by atoms with van der Waals surface area (Å²) < 4.78 is 27.4. The predicted molar refractivity (Wildman–Crippen MR) is 110 cm³/mol. The lowest BCUT2D eigenvalue weighted by atomic mass is 10.0. The van der Waals surface area contributed by atoms with E-state index < -0.39 is 21.5 Å². The number of anilines is 1. The molecule has 1 N–H and O–H groups in total. The van der Waals surface area contributed by atoms with Crippen LogP contribution in [0.4, 0.5) is 5.69 Å². The van der Waals surface area contributed by atoms with Crippen LogP contribution in [0.3, 0.4) is 0 Å². The number of benzene rings is 2. The Balaban J connectivity index is 2.46. The Bertz CT molecular complexity index is 916. The third-order valence-corrected chi connectivity index (χ3v) is 6.70. The standard InChI is InChI=1S/C19H22Cl2N2O3S/c1-4-19(2,3)22-18(24)13-23(14-10-11-16(20)17(21)12-14)27(25,26)15-8-6-5-7-9-15/h5-12H,4,13H2,1-3H3,(H,22,24). The van der Waals surface area contributed by atoms with Gasteiger partial charge in [-0.1, -0.05) is 48.3 Å². The highest BCUT2D eigenvalue weighted by Gasteiger charge is 2.29. The molecule has 0 aromatic heterocycles. The Labute approximate surface area is 170 Å². The molecule has 8 heteroatoms. The van der Waals surface area contributed by atoms with Crippen molar-refractivity contribution in [2.75, 3.05) is 10.8 Å². The minimum absolute atomic E-state index is 0.0821. The highest BCUT2D eigenvalue weighted by atomic mass is 35.5. The number of carbonyl (C=O) groups excluding carboxylic acids is 1. The van der Waals surface area contributed by atoms with Gasteiger partial charge in [-0.05, 0) is 50.6 Å². The van der Waals surface area contributed by atoms with E-state index >= 15 is 0 Å². The van der Waals surface area contributed by atoms with Crippen LogP contribution >= 0.6 is 23.2 Å². The van der Waals surface area contributed by atoms with Crippen molar-refractivity contribution in [2.45, 2.75) is 37.6 Å². The molecule has 0 radical (unpaired) electrons. The average Bonchev–Trinajstić information content (AvgIpc) is 2.62. The van der Waals surface area contributed by atoms with Gasteiger partial charge >= 0.3 is 0 Å². The average molecular weight is 429 g/mol. The van der Waals surface area contributed by atoms with Crippen molar-refractivity contribution < 1.29 is 13.2 Å². The highest BCUT2D eigenvalue weighted by molar-refractivity contribution is 7.92. The molecule has 0 saturated heterocycles. The summed E-state index contributed by atoms with van der Waals surface area (Å²) in [7, 11) is -3.97. The van der Waals surface area contributed by atoms with Crippen LogP contribution in [0.15, 0.2) is 53.4 Å². The molecule has 0 aliphatic carbocycles. The second-order valence-electron chi connectivity index (χ2n) is 6.71. The molecule has 2 aromatic carbocycles. The third-order valence-electron chi connectivity index (χ3n) is 4.17. The van der Waals surface area contributed by atoms with Gasteiger partial charge in [-0.25, -0.2) is 8.42 Å². The van der Waals surface area contributed by atoms with Gasteiger partial charge in [0.25, 0.3) is 10.0 Å². The van der Waals surface area contributed by atoms with Crippen LogP contribution in [0.1, 0.15) is 27.2 Å². The van der Waals surface area contributed by atoms with Crippen molar-refractivity contribution in [2.24, 2.45) is 0 Å². The van der Waals surface area contributed by atoms with Gasteiger partial charge in [-0.3, -0.25) is 9.10 Å². The lowest BCUT2D eigenvalue weighted by molar-refractivity contribution is -0.121. The Morgan fingerprint density at radius 3 is 2.26 bits per heavy atom. The molecule has 2 aromatic rings. The van der Waals surface area contributed by atoms with Gasteiger partial charge in [-0.2, -0.15) is 0 Å². The van der Waals surface area contributed by atoms with E-state index in [1.807, 2.05) is 20.8 Å². The van der Waals surface area contributed by atoms with Crippen LogP contribution in [0, 0.1) is 0 Å². The van der Waals surface area contributed by atoms with Crippen LogP contribution in [0.2, 0.25) is 10.0 Å². The number of halogens is 2. The minimum atomic E-state index is -3.97. The van der Waals surface area contributed by atoms with Crippen LogP contribution in [0.25, 0.3) is 0 Å². The first-order valence-electron chi connectivity index (χ1n) is 8.40. The SMILES string of the molecule is CCC(C)(C)NC(=O)CN(c1ccc(Cl)c(Cl)c1)S(=O)(=O)c1ccccc1. The molecule has 0 bridgehead atoms. The molecule has 27 heavy (non-hydrogen) atoms. The van der Waals surface area contributed by atoms with Gasteiger partial charge in [0.05, 0.1) is 20.6 Å². The van der Waals surface area contributed by atoms with Crippen molar-refractivity contribution >= 4 is 44.8 Å². The summed E-state index contributed by atoms with van der Waals surface area (Å²) >= 11 is 12.0. The first-order chi connectivity index (χ1) is 12.6. The fraction of sp³-hybridized carbons (Fsp3) is 0.316. The number of hydrogen-bond donors (Lipinski definition) is 1. The van der Waals surface area contributed by atoms with Gasteiger partial charge in [0.15, 0.2) is 0 Å². The lowest BCUT2D eigenvalue weighted by Crippen LogP contribution is -2.48. The van der Waals surface area contributed by atoms with Gasteiger partial charge in [0, 0.05) is 5.54 Å². The second kappa shape index (κ2) is 8.50. The third kappa shape index (κ3) is 5.37. The topological polar surface area (TPSA) is 66.5 Å². The molecule has 2 rings (SSSR count). The Morgan fingerprint density at radius 1 is 1.07 bits per heavy atom. The normalized spacial score (nSPS) is 11.9. The quantitative estimate of drug-likeness (QED) is 0.705. The van der Waals surface area contributed by atoms with Crippen LogP contribution in [-0.2, 0) is 14.8 Å². The van der Waals surface area contributed by atoms with Crippen molar-refractivity contribution in [1.82, 2.24) is 5.32 Å². The molecular formula is C19H22Cl2N2O3S. The minimum Gasteiger partial charge on any atom is -0.350 e. The fourth-order valence-corrected chi connectivity index (χ4v) is 4.04. The molecule has 0 aliphatic rings. The summed E-state index contributed by atoms with van der Waals surface area (Å²) in [5, 5.41) is 3.36. The van der Waals surface area contributed by atoms with E-state index in [1.165, 1.54) is 30.3 Å². The fourth-order valence-electron chi connectivity index (χ4n) is 2.31. The highest BCUT2D eigenvalue weighted by Crippen LogP contribution is 2.30. The van der Waals surface area contributed by atoms with Crippen LogP contribution < -0.4 is 9.62 Å². The summed E-state index contributed by atoms with van der Waals surface area (Å²) in [6, 6.07) is 12.4. The van der Waals surface area contributed by atoms with Crippen molar-refractivity contribution in [3.63, 3.8) is 0 Å². The molecule has 0 saturated carbocycles. The zero-order chi connectivity index (χ0) is 20.2. The summed E-state index contributed by atoms with van der Waals surface area (Å²) in [5.41, 5.74) is -0.186. The zero-order valence-corrected chi connectivity index (χ0v) is 17.7.